The fourth-order valence-electron chi connectivity index (χ4n) is 3.60. The number of benzene rings is 1. The van der Waals surface area contributed by atoms with Crippen LogP contribution >= 0.6 is 15.9 Å². The third-order valence-electron chi connectivity index (χ3n) is 5.61. The van der Waals surface area contributed by atoms with Gasteiger partial charge < -0.3 is 14.7 Å². The number of likely N-dealkylation sites (N-methyl/N-ethyl adjacent to an activating group) is 1. The third-order valence-corrected chi connectivity index (χ3v) is 8.13. The number of hydrogen-bond donors (Lipinski definition) is 1. The van der Waals surface area contributed by atoms with E-state index in [1.54, 1.807) is 55.5 Å². The second-order valence-corrected chi connectivity index (χ2v) is 10.9. The van der Waals surface area contributed by atoms with Crippen molar-refractivity contribution < 1.29 is 23.1 Å². The molecule has 3 rings (SSSR count). The van der Waals surface area contributed by atoms with Crippen molar-refractivity contribution in [3.8, 4) is 5.75 Å². The highest BCUT2D eigenvalue weighted by atomic mass is 79.9. The predicted molar refractivity (Wildman–Crippen MR) is 124 cm³/mol. The van der Waals surface area contributed by atoms with Crippen LogP contribution < -0.4 is 4.74 Å². The number of rotatable bonds is 6. The van der Waals surface area contributed by atoms with Crippen molar-refractivity contribution in [2.45, 2.75) is 37.3 Å². The van der Waals surface area contributed by atoms with Crippen LogP contribution in [0.3, 0.4) is 0 Å². The normalized spacial score (nSPS) is 21.5. The summed E-state index contributed by atoms with van der Waals surface area (Å²) in [6.07, 6.45) is 3.09. The highest BCUT2D eigenvalue weighted by molar-refractivity contribution is 9.10. The van der Waals surface area contributed by atoms with Gasteiger partial charge >= 0.3 is 0 Å². The van der Waals surface area contributed by atoms with Gasteiger partial charge in [-0.25, -0.2) is 8.42 Å². The van der Waals surface area contributed by atoms with Crippen molar-refractivity contribution in [3.05, 3.63) is 52.8 Å². The summed E-state index contributed by atoms with van der Waals surface area (Å²) >= 11 is 3.38. The number of halogens is 1. The topological polar surface area (TPSA) is 100 Å². The Bertz CT molecular complexity index is 1050. The lowest BCUT2D eigenvalue weighted by Gasteiger charge is -2.37. The molecule has 0 aliphatic carbocycles. The molecule has 2 aromatic rings. The molecule has 0 bridgehead atoms. The van der Waals surface area contributed by atoms with Gasteiger partial charge in [0.1, 0.15) is 16.7 Å². The monoisotopic (exact) mass is 525 g/mol. The van der Waals surface area contributed by atoms with Crippen LogP contribution in [0.5, 0.6) is 5.75 Å². The second kappa shape index (κ2) is 10.3. The van der Waals surface area contributed by atoms with Crippen LogP contribution in [-0.2, 0) is 21.2 Å². The maximum atomic E-state index is 13.3. The lowest BCUT2D eigenvalue weighted by Crippen LogP contribution is -2.50. The minimum atomic E-state index is -3.87. The van der Waals surface area contributed by atoms with E-state index in [1.165, 1.54) is 10.4 Å². The van der Waals surface area contributed by atoms with E-state index in [-0.39, 0.29) is 42.0 Å². The number of sulfonamides is 1. The number of ether oxygens (including phenoxy) is 1. The van der Waals surface area contributed by atoms with Gasteiger partial charge in [-0.3, -0.25) is 9.78 Å². The van der Waals surface area contributed by atoms with Crippen molar-refractivity contribution in [2.24, 2.45) is 5.92 Å². The Morgan fingerprint density at radius 2 is 2.03 bits per heavy atom. The molecule has 1 aliphatic rings. The molecular weight excluding hydrogens is 498 g/mol. The molecule has 0 fully saturated rings. The summed E-state index contributed by atoms with van der Waals surface area (Å²) in [5.41, 5.74) is 0.867. The van der Waals surface area contributed by atoms with Crippen LogP contribution in [0.1, 0.15) is 19.4 Å². The molecule has 1 N–H and O–H groups in total. The number of nitrogens with zero attached hydrogens (tertiary/aromatic N) is 3. The van der Waals surface area contributed by atoms with E-state index in [9.17, 15) is 18.3 Å². The second-order valence-electron chi connectivity index (χ2n) is 8.14. The van der Waals surface area contributed by atoms with E-state index < -0.39 is 22.2 Å². The molecule has 2 heterocycles. The zero-order valence-corrected chi connectivity index (χ0v) is 20.7. The van der Waals surface area contributed by atoms with E-state index >= 15 is 0 Å². The van der Waals surface area contributed by atoms with Crippen LogP contribution in [0.4, 0.5) is 0 Å². The zero-order chi connectivity index (χ0) is 23.5. The molecule has 1 amide bonds. The molecule has 0 radical (unpaired) electrons. The smallest absolute Gasteiger partial charge is 0.247 e. The number of aromatic nitrogens is 1. The van der Waals surface area contributed by atoms with E-state index in [0.29, 0.717) is 11.0 Å². The van der Waals surface area contributed by atoms with Crippen LogP contribution in [0.15, 0.2) is 52.1 Å². The predicted octanol–water partition coefficient (Wildman–Crippen LogP) is 2.31. The van der Waals surface area contributed by atoms with Crippen molar-refractivity contribution >= 4 is 31.9 Å². The Morgan fingerprint density at radius 1 is 1.34 bits per heavy atom. The average Bonchev–Trinajstić information content (AvgIpc) is 2.76. The molecule has 1 aromatic heterocycles. The number of aliphatic hydroxyl groups is 1. The number of amides is 1. The molecule has 1 aromatic carbocycles. The first-order valence-electron chi connectivity index (χ1n) is 10.3. The minimum absolute atomic E-state index is 0.0451. The molecule has 0 saturated carbocycles. The Hall–Kier alpha value is -2.01. The van der Waals surface area contributed by atoms with Gasteiger partial charge in [0, 0.05) is 42.4 Å². The standard InChI is InChI=1S/C22H28BrN3O5S/c1-15-12-26(16(2)14-27)32(29,30)21-5-4-18(23)11-19(21)31-20(15)13-25(3)22(28)10-17-6-8-24-9-7-17/h4-9,11,15-16,20,27H,10,12-14H2,1-3H3/t15-,16-,20-/m0/s1. The molecular formula is C22H28BrN3O5S. The minimum Gasteiger partial charge on any atom is -0.487 e. The first-order chi connectivity index (χ1) is 15.1. The molecule has 0 saturated heterocycles. The summed E-state index contributed by atoms with van der Waals surface area (Å²) in [4.78, 5) is 18.4. The molecule has 0 unspecified atom stereocenters. The molecule has 3 atom stereocenters. The number of fused-ring (bicyclic) bond motifs is 1. The quantitative estimate of drug-likeness (QED) is 0.621. The number of aliphatic hydroxyl groups excluding tert-OH is 1. The molecule has 8 nitrogen and oxygen atoms in total. The van der Waals surface area contributed by atoms with Crippen LogP contribution in [0.25, 0.3) is 0 Å². The summed E-state index contributed by atoms with van der Waals surface area (Å²) in [5, 5.41) is 9.68. The van der Waals surface area contributed by atoms with Gasteiger partial charge in [0.25, 0.3) is 0 Å². The maximum Gasteiger partial charge on any atom is 0.247 e. The molecule has 0 spiro atoms. The molecule has 1 aliphatic heterocycles. The maximum absolute atomic E-state index is 13.3. The summed E-state index contributed by atoms with van der Waals surface area (Å²) in [7, 11) is -2.16. The van der Waals surface area contributed by atoms with E-state index in [0.717, 1.165) is 5.56 Å². The summed E-state index contributed by atoms with van der Waals surface area (Å²) in [6, 6.07) is 7.77. The number of carbonyl (C=O) groups is 1. The van der Waals surface area contributed by atoms with E-state index in [2.05, 4.69) is 20.9 Å². The zero-order valence-electron chi connectivity index (χ0n) is 18.3. The lowest BCUT2D eigenvalue weighted by molar-refractivity contribution is -0.130. The molecule has 174 valence electrons. The van der Waals surface area contributed by atoms with Gasteiger partial charge in [0.2, 0.25) is 15.9 Å². The average molecular weight is 526 g/mol. The first-order valence-corrected chi connectivity index (χ1v) is 12.6. The number of carbonyl (C=O) groups excluding carboxylic acids is 1. The Kier molecular flexibility index (Phi) is 7.92. The fourth-order valence-corrected chi connectivity index (χ4v) is 5.77. The van der Waals surface area contributed by atoms with Gasteiger partial charge in [0.05, 0.1) is 19.6 Å². The SMILES string of the molecule is C[C@H]1CN([C@@H](C)CO)S(=O)(=O)c2ccc(Br)cc2O[C@H]1CN(C)C(=O)Cc1ccncc1. The Balaban J connectivity index is 1.89. The van der Waals surface area contributed by atoms with Crippen LogP contribution in [0, 0.1) is 5.92 Å². The van der Waals surface area contributed by atoms with Crippen LogP contribution in [-0.4, -0.2) is 72.5 Å². The van der Waals surface area contributed by atoms with Crippen molar-refractivity contribution in [1.29, 1.82) is 0 Å². The lowest BCUT2D eigenvalue weighted by atomic mass is 10.0. The van der Waals surface area contributed by atoms with Gasteiger partial charge in [0.15, 0.2) is 0 Å². The van der Waals surface area contributed by atoms with Gasteiger partial charge in [-0.05, 0) is 42.8 Å². The van der Waals surface area contributed by atoms with E-state index in [4.69, 9.17) is 4.74 Å². The summed E-state index contributed by atoms with van der Waals surface area (Å²) < 4.78 is 34.8. The summed E-state index contributed by atoms with van der Waals surface area (Å²) in [5.74, 6) is -0.0835. The Morgan fingerprint density at radius 3 is 2.69 bits per heavy atom. The highest BCUT2D eigenvalue weighted by Gasteiger charge is 2.38. The van der Waals surface area contributed by atoms with Crippen molar-refractivity contribution in [2.75, 3.05) is 26.7 Å². The van der Waals surface area contributed by atoms with Gasteiger partial charge in [-0.1, -0.05) is 22.9 Å². The van der Waals surface area contributed by atoms with Crippen molar-refractivity contribution in [1.82, 2.24) is 14.2 Å². The first kappa shape index (κ1) is 24.6. The molecule has 32 heavy (non-hydrogen) atoms. The highest BCUT2D eigenvalue weighted by Crippen LogP contribution is 2.35. The van der Waals surface area contributed by atoms with Crippen molar-refractivity contribution in [3.63, 3.8) is 0 Å². The fraction of sp³-hybridized carbons (Fsp3) is 0.455. The number of pyridine rings is 1. The Labute approximate surface area is 197 Å². The van der Waals surface area contributed by atoms with E-state index in [1.807, 2.05) is 6.92 Å². The number of hydrogen-bond acceptors (Lipinski definition) is 6. The third kappa shape index (κ3) is 5.48. The van der Waals surface area contributed by atoms with Gasteiger partial charge in [-0.2, -0.15) is 4.31 Å². The van der Waals surface area contributed by atoms with Crippen LogP contribution in [0.2, 0.25) is 0 Å². The van der Waals surface area contributed by atoms with Gasteiger partial charge in [-0.15, -0.1) is 0 Å². The largest absolute Gasteiger partial charge is 0.487 e. The molecule has 10 heteroatoms. The summed E-state index contributed by atoms with van der Waals surface area (Å²) in [6.45, 7) is 3.72.